The molecular formula is C19H25FN2O5. The fourth-order valence-electron chi connectivity index (χ4n) is 3.50. The second-order valence-electron chi connectivity index (χ2n) is 7.06. The number of carboxylic acids is 1. The first-order valence-electron chi connectivity index (χ1n) is 9.35. The van der Waals surface area contributed by atoms with E-state index in [-0.39, 0.29) is 18.1 Å². The minimum Gasteiger partial charge on any atom is -0.488 e. The number of nitrogens with one attached hydrogen (secondary N) is 2. The van der Waals surface area contributed by atoms with Gasteiger partial charge in [-0.15, -0.1) is 0 Å². The third-order valence-electron chi connectivity index (χ3n) is 5.07. The van der Waals surface area contributed by atoms with Crippen LogP contribution in [0, 0.1) is 11.7 Å². The normalized spacial score (nSPS) is 23.4. The third-order valence-corrected chi connectivity index (χ3v) is 5.07. The van der Waals surface area contributed by atoms with Crippen molar-refractivity contribution in [3.8, 4) is 5.75 Å². The van der Waals surface area contributed by atoms with Crippen molar-refractivity contribution in [1.82, 2.24) is 5.32 Å². The molecule has 0 bridgehead atoms. The molecule has 8 heteroatoms. The van der Waals surface area contributed by atoms with Crippen molar-refractivity contribution >= 4 is 17.7 Å². The van der Waals surface area contributed by atoms with E-state index < -0.39 is 17.8 Å². The number of benzene rings is 1. The lowest BCUT2D eigenvalue weighted by Gasteiger charge is -2.27. The van der Waals surface area contributed by atoms with Crippen LogP contribution in [0.5, 0.6) is 5.75 Å². The number of hydrogen-bond donors (Lipinski definition) is 3. The molecule has 0 atom stereocenters. The molecule has 3 rings (SSSR count). The summed E-state index contributed by atoms with van der Waals surface area (Å²) in [7, 11) is 0. The van der Waals surface area contributed by atoms with Gasteiger partial charge in [0.1, 0.15) is 17.7 Å². The Kier molecular flexibility index (Phi) is 6.49. The highest BCUT2D eigenvalue weighted by Gasteiger charge is 2.27. The van der Waals surface area contributed by atoms with E-state index in [1.54, 1.807) is 0 Å². The standard InChI is InChI=1S/C19H25FN2O5/c20-13-3-6-16(17(11-13)27-15-7-9-26-10-8-15)22-19(25)21-14-4-1-12(2-5-14)18(23)24/h3,6,11-12,14-15H,1-2,4-5,7-10H2,(H,23,24)(H2,21,22,25). The van der Waals surface area contributed by atoms with Crippen molar-refractivity contribution in [3.63, 3.8) is 0 Å². The van der Waals surface area contributed by atoms with E-state index >= 15 is 0 Å². The Morgan fingerprint density at radius 3 is 2.48 bits per heavy atom. The first kappa shape index (κ1) is 19.4. The van der Waals surface area contributed by atoms with E-state index in [9.17, 15) is 14.0 Å². The van der Waals surface area contributed by atoms with Crippen molar-refractivity contribution in [2.24, 2.45) is 5.92 Å². The molecule has 27 heavy (non-hydrogen) atoms. The molecule has 1 heterocycles. The summed E-state index contributed by atoms with van der Waals surface area (Å²) >= 11 is 0. The molecule has 3 N–H and O–H groups in total. The SMILES string of the molecule is O=C(Nc1ccc(F)cc1OC1CCOCC1)NC1CCC(C(=O)O)CC1. The number of carboxylic acid groups (broad SMARTS) is 1. The van der Waals surface area contributed by atoms with Crippen LogP contribution in [0.1, 0.15) is 38.5 Å². The molecule has 0 spiro atoms. The molecule has 0 aromatic heterocycles. The van der Waals surface area contributed by atoms with Gasteiger partial charge in [0.25, 0.3) is 0 Å². The second kappa shape index (κ2) is 9.03. The number of halogens is 1. The van der Waals surface area contributed by atoms with Gasteiger partial charge in [-0.2, -0.15) is 0 Å². The first-order chi connectivity index (χ1) is 13.0. The molecule has 1 aliphatic heterocycles. The average Bonchev–Trinajstić information content (AvgIpc) is 2.65. The highest BCUT2D eigenvalue weighted by molar-refractivity contribution is 5.91. The molecule has 1 saturated heterocycles. The Balaban J connectivity index is 1.56. The molecule has 7 nitrogen and oxygen atoms in total. The highest BCUT2D eigenvalue weighted by atomic mass is 19.1. The lowest BCUT2D eigenvalue weighted by atomic mass is 9.86. The van der Waals surface area contributed by atoms with Gasteiger partial charge in [0, 0.05) is 24.9 Å². The van der Waals surface area contributed by atoms with E-state index in [1.807, 2.05) is 0 Å². The minimum atomic E-state index is -0.779. The molecular weight excluding hydrogens is 355 g/mol. The monoisotopic (exact) mass is 380 g/mol. The van der Waals surface area contributed by atoms with E-state index in [0.29, 0.717) is 50.3 Å². The molecule has 1 aromatic rings. The van der Waals surface area contributed by atoms with Crippen LogP contribution in [0.15, 0.2) is 18.2 Å². The number of hydrogen-bond acceptors (Lipinski definition) is 4. The van der Waals surface area contributed by atoms with Crippen LogP contribution < -0.4 is 15.4 Å². The Morgan fingerprint density at radius 2 is 1.81 bits per heavy atom. The summed E-state index contributed by atoms with van der Waals surface area (Å²) in [6.07, 6.45) is 3.71. The molecule has 148 valence electrons. The number of carbonyl (C=O) groups excluding carboxylic acids is 1. The largest absolute Gasteiger partial charge is 0.488 e. The molecule has 1 saturated carbocycles. The zero-order valence-corrected chi connectivity index (χ0v) is 15.1. The maximum atomic E-state index is 13.6. The van der Waals surface area contributed by atoms with Gasteiger partial charge >= 0.3 is 12.0 Å². The van der Waals surface area contributed by atoms with Gasteiger partial charge in [-0.25, -0.2) is 9.18 Å². The fourth-order valence-corrected chi connectivity index (χ4v) is 3.50. The summed E-state index contributed by atoms with van der Waals surface area (Å²) in [5.74, 6) is -1.25. The minimum absolute atomic E-state index is 0.0686. The number of amides is 2. The molecule has 0 radical (unpaired) electrons. The number of rotatable bonds is 5. The van der Waals surface area contributed by atoms with Gasteiger partial charge in [-0.1, -0.05) is 0 Å². The number of aliphatic carboxylic acids is 1. The van der Waals surface area contributed by atoms with Crippen LogP contribution in [0.3, 0.4) is 0 Å². The van der Waals surface area contributed by atoms with Gasteiger partial charge < -0.3 is 25.2 Å². The van der Waals surface area contributed by atoms with Gasteiger partial charge in [0.2, 0.25) is 0 Å². The molecule has 0 unspecified atom stereocenters. The van der Waals surface area contributed by atoms with Gasteiger partial charge in [0.05, 0.1) is 24.8 Å². The Bertz CT molecular complexity index is 670. The molecule has 2 aliphatic rings. The average molecular weight is 380 g/mol. The predicted octanol–water partition coefficient (Wildman–Crippen LogP) is 3.15. The number of anilines is 1. The van der Waals surface area contributed by atoms with Gasteiger partial charge in [-0.3, -0.25) is 4.79 Å². The summed E-state index contributed by atoms with van der Waals surface area (Å²) in [6.45, 7) is 1.20. The molecule has 2 fully saturated rings. The zero-order valence-electron chi connectivity index (χ0n) is 15.1. The quantitative estimate of drug-likeness (QED) is 0.729. The maximum absolute atomic E-state index is 13.6. The second-order valence-corrected chi connectivity index (χ2v) is 7.06. The smallest absolute Gasteiger partial charge is 0.319 e. The summed E-state index contributed by atoms with van der Waals surface area (Å²) in [5.41, 5.74) is 0.402. The van der Waals surface area contributed by atoms with Crippen molar-refractivity contribution in [1.29, 1.82) is 0 Å². The number of urea groups is 1. The van der Waals surface area contributed by atoms with Crippen LogP contribution in [0.25, 0.3) is 0 Å². The van der Waals surface area contributed by atoms with Crippen LogP contribution in [0.2, 0.25) is 0 Å². The van der Waals surface area contributed by atoms with Gasteiger partial charge in [-0.05, 0) is 37.8 Å². The van der Waals surface area contributed by atoms with E-state index in [4.69, 9.17) is 14.6 Å². The van der Waals surface area contributed by atoms with Gasteiger partial charge in [0.15, 0.2) is 0 Å². The van der Waals surface area contributed by atoms with Crippen LogP contribution in [-0.2, 0) is 9.53 Å². The number of carbonyl (C=O) groups is 2. The van der Waals surface area contributed by atoms with Crippen LogP contribution >= 0.6 is 0 Å². The van der Waals surface area contributed by atoms with Crippen LogP contribution in [-0.4, -0.2) is 42.5 Å². The Morgan fingerprint density at radius 1 is 1.11 bits per heavy atom. The van der Waals surface area contributed by atoms with Crippen molar-refractivity contribution in [3.05, 3.63) is 24.0 Å². The van der Waals surface area contributed by atoms with E-state index in [1.165, 1.54) is 18.2 Å². The van der Waals surface area contributed by atoms with E-state index in [2.05, 4.69) is 10.6 Å². The highest BCUT2D eigenvalue weighted by Crippen LogP contribution is 2.29. The maximum Gasteiger partial charge on any atom is 0.319 e. The topological polar surface area (TPSA) is 96.9 Å². The summed E-state index contributed by atoms with van der Waals surface area (Å²) in [4.78, 5) is 23.3. The first-order valence-corrected chi connectivity index (χ1v) is 9.35. The molecule has 1 aromatic carbocycles. The molecule has 1 aliphatic carbocycles. The van der Waals surface area contributed by atoms with Crippen molar-refractivity contribution in [2.75, 3.05) is 18.5 Å². The Labute approximate surface area is 157 Å². The molecule has 2 amide bonds. The number of ether oxygens (including phenoxy) is 2. The summed E-state index contributed by atoms with van der Waals surface area (Å²) < 4.78 is 24.8. The van der Waals surface area contributed by atoms with Crippen molar-refractivity contribution in [2.45, 2.75) is 50.7 Å². The fraction of sp³-hybridized carbons (Fsp3) is 0.579. The summed E-state index contributed by atoms with van der Waals surface area (Å²) in [5, 5.41) is 14.6. The lowest BCUT2D eigenvalue weighted by Crippen LogP contribution is -2.41. The Hall–Kier alpha value is -2.35. The van der Waals surface area contributed by atoms with Crippen molar-refractivity contribution < 1.29 is 28.6 Å². The van der Waals surface area contributed by atoms with Crippen LogP contribution in [0.4, 0.5) is 14.9 Å². The van der Waals surface area contributed by atoms with E-state index in [0.717, 1.165) is 12.8 Å². The third kappa shape index (κ3) is 5.56. The predicted molar refractivity (Wildman–Crippen MR) is 96.4 cm³/mol. The zero-order chi connectivity index (χ0) is 19.2. The lowest BCUT2D eigenvalue weighted by molar-refractivity contribution is -0.142. The summed E-state index contributed by atoms with van der Waals surface area (Å²) in [6, 6.07) is 3.54.